The van der Waals surface area contributed by atoms with Crippen LogP contribution in [0.5, 0.6) is 5.75 Å². The van der Waals surface area contributed by atoms with Crippen molar-refractivity contribution in [3.63, 3.8) is 0 Å². The fraction of sp³-hybridized carbons (Fsp3) is 0.136. The second kappa shape index (κ2) is 6.56. The SMILES string of the molecule is COC(=O)c1ccc2c3ccccc3n(Cc3ccccc3OC)c2c1. The minimum atomic E-state index is -0.332. The third-order valence-electron chi connectivity index (χ3n) is 4.72. The van der Waals surface area contributed by atoms with Crippen LogP contribution in [0.15, 0.2) is 66.7 Å². The normalized spacial score (nSPS) is 11.0. The van der Waals surface area contributed by atoms with Crippen LogP contribution >= 0.6 is 0 Å². The maximum Gasteiger partial charge on any atom is 0.337 e. The number of carbonyl (C=O) groups is 1. The molecule has 0 bridgehead atoms. The molecule has 4 rings (SSSR count). The first-order chi connectivity index (χ1) is 12.7. The number of para-hydroxylation sites is 2. The van der Waals surface area contributed by atoms with Crippen molar-refractivity contribution in [2.24, 2.45) is 0 Å². The maximum absolute atomic E-state index is 12.0. The van der Waals surface area contributed by atoms with Crippen molar-refractivity contribution >= 4 is 27.8 Å². The average molecular weight is 345 g/mol. The Kier molecular flexibility index (Phi) is 4.09. The lowest BCUT2D eigenvalue weighted by molar-refractivity contribution is 0.0601. The number of nitrogens with zero attached hydrogens (tertiary/aromatic N) is 1. The lowest BCUT2D eigenvalue weighted by Crippen LogP contribution is -2.04. The number of rotatable bonds is 4. The van der Waals surface area contributed by atoms with Gasteiger partial charge in [-0.3, -0.25) is 0 Å². The molecule has 4 heteroatoms. The van der Waals surface area contributed by atoms with Crippen LogP contribution in [0.1, 0.15) is 15.9 Å². The molecule has 0 amide bonds. The molecule has 0 unspecified atom stereocenters. The van der Waals surface area contributed by atoms with Crippen LogP contribution < -0.4 is 4.74 Å². The Hall–Kier alpha value is -3.27. The van der Waals surface area contributed by atoms with Gasteiger partial charge in [0, 0.05) is 21.9 Å². The zero-order valence-electron chi connectivity index (χ0n) is 14.7. The van der Waals surface area contributed by atoms with E-state index in [0.717, 1.165) is 33.1 Å². The van der Waals surface area contributed by atoms with Crippen molar-refractivity contribution < 1.29 is 14.3 Å². The van der Waals surface area contributed by atoms with Gasteiger partial charge in [-0.1, -0.05) is 42.5 Å². The van der Waals surface area contributed by atoms with E-state index in [0.29, 0.717) is 12.1 Å². The minimum Gasteiger partial charge on any atom is -0.496 e. The highest BCUT2D eigenvalue weighted by Gasteiger charge is 2.15. The predicted molar refractivity (Wildman–Crippen MR) is 103 cm³/mol. The summed E-state index contributed by atoms with van der Waals surface area (Å²) in [4.78, 5) is 12.0. The van der Waals surface area contributed by atoms with Gasteiger partial charge in [0.1, 0.15) is 5.75 Å². The Labute approximate surface area is 151 Å². The first-order valence-electron chi connectivity index (χ1n) is 8.44. The molecule has 0 saturated heterocycles. The second-order valence-corrected chi connectivity index (χ2v) is 6.14. The van der Waals surface area contributed by atoms with E-state index in [1.54, 1.807) is 7.11 Å². The zero-order chi connectivity index (χ0) is 18.1. The molecular weight excluding hydrogens is 326 g/mol. The first kappa shape index (κ1) is 16.2. The largest absolute Gasteiger partial charge is 0.496 e. The van der Waals surface area contributed by atoms with Crippen LogP contribution in [0, 0.1) is 0 Å². The number of ether oxygens (including phenoxy) is 2. The molecule has 0 aliphatic carbocycles. The third-order valence-corrected chi connectivity index (χ3v) is 4.72. The molecular formula is C22H19NO3. The summed E-state index contributed by atoms with van der Waals surface area (Å²) in [5.41, 5.74) is 3.75. The summed E-state index contributed by atoms with van der Waals surface area (Å²) in [5.74, 6) is 0.517. The van der Waals surface area contributed by atoms with E-state index in [1.807, 2.05) is 48.5 Å². The van der Waals surface area contributed by atoms with Crippen molar-refractivity contribution in [1.82, 2.24) is 4.57 Å². The molecule has 4 aromatic rings. The van der Waals surface area contributed by atoms with Crippen molar-refractivity contribution in [1.29, 1.82) is 0 Å². The highest BCUT2D eigenvalue weighted by molar-refractivity contribution is 6.09. The molecule has 130 valence electrons. The number of methoxy groups -OCH3 is 2. The molecule has 0 fully saturated rings. The second-order valence-electron chi connectivity index (χ2n) is 6.14. The number of fused-ring (bicyclic) bond motifs is 3. The molecule has 0 spiro atoms. The van der Waals surface area contributed by atoms with Gasteiger partial charge >= 0.3 is 5.97 Å². The van der Waals surface area contributed by atoms with Gasteiger partial charge in [-0.05, 0) is 24.3 Å². The van der Waals surface area contributed by atoms with Gasteiger partial charge in [0.25, 0.3) is 0 Å². The standard InChI is InChI=1S/C22H19NO3/c1-25-21-10-6-3-7-16(21)14-23-19-9-5-4-8-17(19)18-12-11-15(13-20(18)23)22(24)26-2/h3-13H,14H2,1-2H3. The van der Waals surface area contributed by atoms with Gasteiger partial charge in [-0.15, -0.1) is 0 Å². The Balaban J connectivity index is 1.97. The van der Waals surface area contributed by atoms with Crippen LogP contribution in [-0.2, 0) is 11.3 Å². The third kappa shape index (κ3) is 2.60. The quantitative estimate of drug-likeness (QED) is 0.506. The van der Waals surface area contributed by atoms with E-state index in [4.69, 9.17) is 9.47 Å². The van der Waals surface area contributed by atoms with Crippen LogP contribution in [0.2, 0.25) is 0 Å². The van der Waals surface area contributed by atoms with Crippen LogP contribution in [0.4, 0.5) is 0 Å². The topological polar surface area (TPSA) is 40.5 Å². The van der Waals surface area contributed by atoms with Gasteiger partial charge < -0.3 is 14.0 Å². The van der Waals surface area contributed by atoms with E-state index < -0.39 is 0 Å². The lowest BCUT2D eigenvalue weighted by atomic mass is 10.1. The Bertz CT molecular complexity index is 1110. The molecule has 1 aromatic heterocycles. The number of esters is 1. The molecule has 1 heterocycles. The molecule has 3 aromatic carbocycles. The monoisotopic (exact) mass is 345 g/mol. The molecule has 0 atom stereocenters. The van der Waals surface area contributed by atoms with Gasteiger partial charge in [-0.2, -0.15) is 0 Å². The summed E-state index contributed by atoms with van der Waals surface area (Å²) in [6.07, 6.45) is 0. The molecule has 0 radical (unpaired) electrons. The van der Waals surface area contributed by atoms with E-state index >= 15 is 0 Å². The minimum absolute atomic E-state index is 0.332. The smallest absolute Gasteiger partial charge is 0.337 e. The van der Waals surface area contributed by atoms with Crippen molar-refractivity contribution in [2.75, 3.05) is 14.2 Å². The van der Waals surface area contributed by atoms with E-state index in [-0.39, 0.29) is 5.97 Å². The van der Waals surface area contributed by atoms with Crippen molar-refractivity contribution in [3.05, 3.63) is 77.9 Å². The Morgan fingerprint density at radius 1 is 0.885 bits per heavy atom. The summed E-state index contributed by atoms with van der Waals surface area (Å²) < 4.78 is 12.6. The van der Waals surface area contributed by atoms with Crippen LogP contribution in [0.25, 0.3) is 21.8 Å². The van der Waals surface area contributed by atoms with E-state index in [2.05, 4.69) is 22.8 Å². The summed E-state index contributed by atoms with van der Waals surface area (Å²) >= 11 is 0. The highest BCUT2D eigenvalue weighted by atomic mass is 16.5. The van der Waals surface area contributed by atoms with Gasteiger partial charge in [0.2, 0.25) is 0 Å². The summed E-state index contributed by atoms with van der Waals surface area (Å²) in [7, 11) is 3.08. The Morgan fingerprint density at radius 3 is 2.42 bits per heavy atom. The van der Waals surface area contributed by atoms with E-state index in [9.17, 15) is 4.79 Å². The van der Waals surface area contributed by atoms with Crippen molar-refractivity contribution in [2.45, 2.75) is 6.54 Å². The summed E-state index contributed by atoms with van der Waals surface area (Å²) in [6.45, 7) is 0.651. The number of aromatic nitrogens is 1. The highest BCUT2D eigenvalue weighted by Crippen LogP contribution is 2.31. The number of benzene rings is 3. The number of hydrogen-bond donors (Lipinski definition) is 0. The fourth-order valence-corrected chi connectivity index (χ4v) is 3.47. The fourth-order valence-electron chi connectivity index (χ4n) is 3.47. The summed E-state index contributed by atoms with van der Waals surface area (Å²) in [5, 5.41) is 2.27. The average Bonchev–Trinajstić information content (AvgIpc) is 3.01. The molecule has 0 saturated carbocycles. The van der Waals surface area contributed by atoms with E-state index in [1.165, 1.54) is 7.11 Å². The summed E-state index contributed by atoms with van der Waals surface area (Å²) in [6, 6.07) is 22.0. The molecule has 0 aliphatic heterocycles. The first-order valence-corrected chi connectivity index (χ1v) is 8.44. The van der Waals surface area contributed by atoms with Gasteiger partial charge in [0.15, 0.2) is 0 Å². The molecule has 4 nitrogen and oxygen atoms in total. The zero-order valence-corrected chi connectivity index (χ0v) is 14.7. The van der Waals surface area contributed by atoms with Crippen LogP contribution in [-0.4, -0.2) is 24.8 Å². The Morgan fingerprint density at radius 2 is 1.62 bits per heavy atom. The predicted octanol–water partition coefficient (Wildman–Crippen LogP) is 4.64. The molecule has 0 N–H and O–H groups in total. The number of hydrogen-bond acceptors (Lipinski definition) is 3. The lowest BCUT2D eigenvalue weighted by Gasteiger charge is -2.12. The molecule has 26 heavy (non-hydrogen) atoms. The van der Waals surface area contributed by atoms with Crippen molar-refractivity contribution in [3.8, 4) is 5.75 Å². The number of carbonyl (C=O) groups excluding carboxylic acids is 1. The van der Waals surface area contributed by atoms with Gasteiger partial charge in [0.05, 0.1) is 31.8 Å². The van der Waals surface area contributed by atoms with Crippen LogP contribution in [0.3, 0.4) is 0 Å². The molecule has 0 aliphatic rings. The van der Waals surface area contributed by atoms with Gasteiger partial charge in [-0.25, -0.2) is 4.79 Å². The maximum atomic E-state index is 12.0.